The van der Waals surface area contributed by atoms with Crippen molar-refractivity contribution in [3.8, 4) is 0 Å². The summed E-state index contributed by atoms with van der Waals surface area (Å²) in [5.74, 6) is -0.440. The van der Waals surface area contributed by atoms with Crippen molar-refractivity contribution < 1.29 is 14.7 Å². The maximum atomic E-state index is 12.0. The number of nitrogens with zero attached hydrogens (tertiary/aromatic N) is 2. The Balaban J connectivity index is 2.70. The molecule has 1 amide bonds. The molecule has 0 aromatic carbocycles. The van der Waals surface area contributed by atoms with Gasteiger partial charge in [-0.2, -0.15) is 0 Å². The number of carbonyl (C=O) groups is 2. The highest BCUT2D eigenvalue weighted by Gasteiger charge is 2.16. The molecule has 1 heterocycles. The van der Waals surface area contributed by atoms with Gasteiger partial charge in [-0.25, -0.2) is 4.98 Å². The number of carboxylic acid groups (broad SMARTS) is 1. The van der Waals surface area contributed by atoms with Crippen molar-refractivity contribution in [2.24, 2.45) is 0 Å². The van der Waals surface area contributed by atoms with Crippen LogP contribution in [0.3, 0.4) is 0 Å². The first-order chi connectivity index (χ1) is 9.43. The molecule has 0 saturated heterocycles. The summed E-state index contributed by atoms with van der Waals surface area (Å²) < 4.78 is 0. The fraction of sp³-hybridized carbons (Fsp3) is 0.500. The first-order valence-corrected chi connectivity index (χ1v) is 6.60. The number of hydrogen-bond donors (Lipinski definition) is 2. The SMILES string of the molecule is CCCC(CC(=O)O)NC(=O)c1ccc(N(C)C)nc1. The van der Waals surface area contributed by atoms with E-state index in [0.717, 1.165) is 12.2 Å². The van der Waals surface area contributed by atoms with Crippen molar-refractivity contribution >= 4 is 17.7 Å². The van der Waals surface area contributed by atoms with E-state index in [1.807, 2.05) is 25.9 Å². The van der Waals surface area contributed by atoms with E-state index in [-0.39, 0.29) is 18.4 Å². The predicted molar refractivity (Wildman–Crippen MR) is 77.0 cm³/mol. The molecular formula is C14H21N3O3. The van der Waals surface area contributed by atoms with Crippen LogP contribution in [0, 0.1) is 0 Å². The van der Waals surface area contributed by atoms with Crippen molar-refractivity contribution in [3.63, 3.8) is 0 Å². The summed E-state index contributed by atoms with van der Waals surface area (Å²) in [7, 11) is 3.73. The normalized spacial score (nSPS) is 11.8. The van der Waals surface area contributed by atoms with Gasteiger partial charge in [0.25, 0.3) is 5.91 Å². The molecule has 0 aliphatic rings. The van der Waals surface area contributed by atoms with E-state index in [9.17, 15) is 9.59 Å². The zero-order valence-electron chi connectivity index (χ0n) is 12.1. The van der Waals surface area contributed by atoms with Gasteiger partial charge in [0.2, 0.25) is 0 Å². The molecular weight excluding hydrogens is 258 g/mol. The van der Waals surface area contributed by atoms with Crippen molar-refractivity contribution in [1.82, 2.24) is 10.3 Å². The van der Waals surface area contributed by atoms with Crippen molar-refractivity contribution in [1.29, 1.82) is 0 Å². The van der Waals surface area contributed by atoms with E-state index in [2.05, 4.69) is 10.3 Å². The summed E-state index contributed by atoms with van der Waals surface area (Å²) in [5, 5.41) is 11.6. The Bertz CT molecular complexity index is 457. The topological polar surface area (TPSA) is 82.5 Å². The molecule has 0 fully saturated rings. The zero-order valence-corrected chi connectivity index (χ0v) is 12.1. The van der Waals surface area contributed by atoms with Gasteiger partial charge in [0.15, 0.2) is 0 Å². The largest absolute Gasteiger partial charge is 0.481 e. The second-order valence-electron chi connectivity index (χ2n) is 4.86. The van der Waals surface area contributed by atoms with E-state index in [4.69, 9.17) is 5.11 Å². The molecule has 0 aliphatic heterocycles. The summed E-state index contributed by atoms with van der Waals surface area (Å²) in [5.41, 5.74) is 0.432. The molecule has 0 spiro atoms. The van der Waals surface area contributed by atoms with E-state index < -0.39 is 5.97 Å². The summed E-state index contributed by atoms with van der Waals surface area (Å²) in [6.45, 7) is 1.95. The molecule has 0 radical (unpaired) electrons. The number of amides is 1. The molecule has 6 nitrogen and oxygen atoms in total. The Morgan fingerprint density at radius 3 is 2.55 bits per heavy atom. The molecule has 1 aromatic rings. The lowest BCUT2D eigenvalue weighted by Gasteiger charge is -2.16. The Kier molecular flexibility index (Phi) is 5.96. The van der Waals surface area contributed by atoms with Gasteiger partial charge in [-0.3, -0.25) is 9.59 Å². The number of rotatable bonds is 7. The van der Waals surface area contributed by atoms with Gasteiger partial charge in [0.1, 0.15) is 5.82 Å². The Labute approximate surface area is 118 Å². The van der Waals surface area contributed by atoms with Gasteiger partial charge >= 0.3 is 5.97 Å². The number of anilines is 1. The van der Waals surface area contributed by atoms with Crippen LogP contribution in [0.15, 0.2) is 18.3 Å². The minimum atomic E-state index is -0.912. The second kappa shape index (κ2) is 7.47. The minimum Gasteiger partial charge on any atom is -0.481 e. The Hall–Kier alpha value is -2.11. The minimum absolute atomic E-state index is 0.0667. The van der Waals surface area contributed by atoms with Crippen LogP contribution < -0.4 is 10.2 Å². The number of aromatic nitrogens is 1. The number of pyridine rings is 1. The van der Waals surface area contributed by atoms with Crippen molar-refractivity contribution in [2.45, 2.75) is 32.2 Å². The molecule has 110 valence electrons. The van der Waals surface area contributed by atoms with Crippen LogP contribution >= 0.6 is 0 Å². The number of hydrogen-bond acceptors (Lipinski definition) is 4. The molecule has 0 saturated carbocycles. The first-order valence-electron chi connectivity index (χ1n) is 6.60. The summed E-state index contributed by atoms with van der Waals surface area (Å²) in [4.78, 5) is 28.8. The summed E-state index contributed by atoms with van der Waals surface area (Å²) in [6, 6.07) is 3.08. The molecule has 6 heteroatoms. The van der Waals surface area contributed by atoms with Crippen LogP contribution in [0.2, 0.25) is 0 Å². The van der Waals surface area contributed by atoms with Crippen molar-refractivity contribution in [2.75, 3.05) is 19.0 Å². The smallest absolute Gasteiger partial charge is 0.305 e. The van der Waals surface area contributed by atoms with E-state index >= 15 is 0 Å². The monoisotopic (exact) mass is 279 g/mol. The Morgan fingerprint density at radius 2 is 2.10 bits per heavy atom. The van der Waals surface area contributed by atoms with Crippen LogP contribution in [0.1, 0.15) is 36.5 Å². The number of carboxylic acids is 1. The summed E-state index contributed by atoms with van der Waals surface area (Å²) in [6.07, 6.45) is 2.88. The average molecular weight is 279 g/mol. The Morgan fingerprint density at radius 1 is 1.40 bits per heavy atom. The van der Waals surface area contributed by atoms with E-state index in [0.29, 0.717) is 12.0 Å². The number of aliphatic carboxylic acids is 1. The highest BCUT2D eigenvalue weighted by molar-refractivity contribution is 5.94. The van der Waals surface area contributed by atoms with Gasteiger partial charge in [0, 0.05) is 26.3 Å². The van der Waals surface area contributed by atoms with E-state index in [1.54, 1.807) is 12.1 Å². The third-order valence-electron chi connectivity index (χ3n) is 2.86. The number of nitrogens with one attached hydrogen (secondary N) is 1. The third kappa shape index (κ3) is 4.87. The van der Waals surface area contributed by atoms with Crippen LogP contribution in [0.5, 0.6) is 0 Å². The standard InChI is InChI=1S/C14H21N3O3/c1-4-5-11(8-13(18)19)16-14(20)10-6-7-12(15-9-10)17(2)3/h6-7,9,11H,4-5,8H2,1-3H3,(H,16,20)(H,18,19). The van der Waals surface area contributed by atoms with Crippen LogP contribution in [-0.4, -0.2) is 42.1 Å². The highest BCUT2D eigenvalue weighted by atomic mass is 16.4. The molecule has 0 bridgehead atoms. The molecule has 0 aliphatic carbocycles. The molecule has 2 N–H and O–H groups in total. The quantitative estimate of drug-likeness (QED) is 0.790. The average Bonchev–Trinajstić information content (AvgIpc) is 2.38. The third-order valence-corrected chi connectivity index (χ3v) is 2.86. The van der Waals surface area contributed by atoms with E-state index in [1.165, 1.54) is 6.20 Å². The summed E-state index contributed by atoms with van der Waals surface area (Å²) >= 11 is 0. The maximum absolute atomic E-state index is 12.0. The molecule has 1 aromatic heterocycles. The fourth-order valence-corrected chi connectivity index (χ4v) is 1.84. The van der Waals surface area contributed by atoms with Crippen LogP contribution in [0.4, 0.5) is 5.82 Å². The molecule has 1 unspecified atom stereocenters. The maximum Gasteiger partial charge on any atom is 0.305 e. The highest BCUT2D eigenvalue weighted by Crippen LogP contribution is 2.09. The lowest BCUT2D eigenvalue weighted by molar-refractivity contribution is -0.137. The molecule has 1 rings (SSSR count). The van der Waals surface area contributed by atoms with Crippen LogP contribution in [0.25, 0.3) is 0 Å². The first kappa shape index (κ1) is 15.9. The van der Waals surface area contributed by atoms with Crippen LogP contribution in [-0.2, 0) is 4.79 Å². The second-order valence-corrected chi connectivity index (χ2v) is 4.86. The van der Waals surface area contributed by atoms with Gasteiger partial charge in [-0.1, -0.05) is 13.3 Å². The van der Waals surface area contributed by atoms with Crippen molar-refractivity contribution in [3.05, 3.63) is 23.9 Å². The van der Waals surface area contributed by atoms with Gasteiger partial charge in [-0.15, -0.1) is 0 Å². The fourth-order valence-electron chi connectivity index (χ4n) is 1.84. The van der Waals surface area contributed by atoms with Gasteiger partial charge in [-0.05, 0) is 18.6 Å². The van der Waals surface area contributed by atoms with Gasteiger partial charge < -0.3 is 15.3 Å². The number of carbonyl (C=O) groups excluding carboxylic acids is 1. The predicted octanol–water partition coefficient (Wildman–Crippen LogP) is 1.52. The lowest BCUT2D eigenvalue weighted by atomic mass is 10.1. The lowest BCUT2D eigenvalue weighted by Crippen LogP contribution is -2.36. The van der Waals surface area contributed by atoms with Gasteiger partial charge in [0.05, 0.1) is 12.0 Å². The molecule has 20 heavy (non-hydrogen) atoms. The zero-order chi connectivity index (χ0) is 15.1. The molecule has 1 atom stereocenters.